The van der Waals surface area contributed by atoms with E-state index >= 15 is 0 Å². The Balaban J connectivity index is 1.91. The van der Waals surface area contributed by atoms with Crippen LogP contribution >= 0.6 is 0 Å². The molecule has 2 N–H and O–H groups in total. The Morgan fingerprint density at radius 2 is 2.11 bits per heavy atom. The van der Waals surface area contributed by atoms with Crippen molar-refractivity contribution in [1.82, 2.24) is 5.32 Å². The molecule has 1 aromatic rings. The summed E-state index contributed by atoms with van der Waals surface area (Å²) < 4.78 is 0. The van der Waals surface area contributed by atoms with Crippen molar-refractivity contribution in [3.8, 4) is 0 Å². The van der Waals surface area contributed by atoms with Crippen LogP contribution in [0.3, 0.4) is 0 Å². The van der Waals surface area contributed by atoms with Crippen LogP contribution in [0.4, 0.5) is 10.5 Å². The molecule has 0 bridgehead atoms. The molecule has 0 spiro atoms. The third-order valence-electron chi connectivity index (χ3n) is 3.05. The minimum absolute atomic E-state index is 0.0536. The van der Waals surface area contributed by atoms with Gasteiger partial charge in [0, 0.05) is 12.1 Å². The molecule has 1 fully saturated rings. The molecule has 19 heavy (non-hydrogen) atoms. The number of aryl methyl sites for hydroxylation is 1. The highest BCUT2D eigenvalue weighted by Gasteiger charge is 2.28. The molecule has 1 aliphatic rings. The second-order valence-corrected chi connectivity index (χ2v) is 4.74. The predicted octanol–water partition coefficient (Wildman–Crippen LogP) is 1.81. The normalized spacial score (nSPS) is 19.1. The fraction of sp³-hybridized carbons (Fsp3) is 0.357. The van der Waals surface area contributed by atoms with E-state index in [1.165, 1.54) is 0 Å². The monoisotopic (exact) mass is 260 g/mol. The lowest BCUT2D eigenvalue weighted by Crippen LogP contribution is -2.46. The molecule has 0 aliphatic heterocycles. The summed E-state index contributed by atoms with van der Waals surface area (Å²) in [5, 5.41) is 5.28. The Hall–Kier alpha value is -2.17. The highest BCUT2D eigenvalue weighted by atomic mass is 16.2. The van der Waals surface area contributed by atoms with Gasteiger partial charge in [0.1, 0.15) is 5.78 Å². The number of anilines is 1. The molecule has 2 rings (SSSR count). The summed E-state index contributed by atoms with van der Waals surface area (Å²) in [7, 11) is 0. The molecule has 1 aliphatic carbocycles. The zero-order valence-corrected chi connectivity index (χ0v) is 10.7. The average molecular weight is 260 g/mol. The number of hydrogen-bond acceptors (Lipinski definition) is 3. The molecule has 0 saturated heterocycles. The predicted molar refractivity (Wildman–Crippen MR) is 71.0 cm³/mol. The summed E-state index contributed by atoms with van der Waals surface area (Å²) in [6.07, 6.45) is 0.662. The fourth-order valence-corrected chi connectivity index (χ4v) is 2.07. The van der Waals surface area contributed by atoms with Crippen LogP contribution in [0.25, 0.3) is 0 Å². The van der Waals surface area contributed by atoms with E-state index in [1.807, 2.05) is 25.1 Å². The highest BCUT2D eigenvalue weighted by molar-refractivity contribution is 6.05. The number of urea groups is 1. The van der Waals surface area contributed by atoms with Crippen molar-refractivity contribution >= 4 is 23.3 Å². The standard InChI is InChI=1S/C14H16N2O3/c1-9-3-2-4-10(7-9)15-14(19)16-12-6-5-11(17)8-13(12)18/h2-4,7,12H,5-6,8H2,1H3,(H2,15,16,19). The van der Waals surface area contributed by atoms with Gasteiger partial charge in [-0.3, -0.25) is 9.59 Å². The molecule has 1 aromatic carbocycles. The third-order valence-corrected chi connectivity index (χ3v) is 3.05. The SMILES string of the molecule is Cc1cccc(NC(=O)NC2CCC(=O)CC2=O)c1. The van der Waals surface area contributed by atoms with Crippen molar-refractivity contribution in [2.45, 2.75) is 32.2 Å². The third kappa shape index (κ3) is 3.64. The number of rotatable bonds is 2. The van der Waals surface area contributed by atoms with Gasteiger partial charge < -0.3 is 10.6 Å². The Morgan fingerprint density at radius 1 is 1.32 bits per heavy atom. The van der Waals surface area contributed by atoms with E-state index in [1.54, 1.807) is 6.07 Å². The van der Waals surface area contributed by atoms with E-state index in [-0.39, 0.29) is 18.0 Å². The first kappa shape index (κ1) is 13.3. The fourth-order valence-electron chi connectivity index (χ4n) is 2.07. The largest absolute Gasteiger partial charge is 0.328 e. The van der Waals surface area contributed by atoms with Gasteiger partial charge in [-0.1, -0.05) is 12.1 Å². The molecule has 100 valence electrons. The van der Waals surface area contributed by atoms with Gasteiger partial charge in [-0.2, -0.15) is 0 Å². The summed E-state index contributed by atoms with van der Waals surface area (Å²) in [4.78, 5) is 34.4. The first-order valence-electron chi connectivity index (χ1n) is 6.23. The molecular weight excluding hydrogens is 244 g/mol. The van der Waals surface area contributed by atoms with E-state index in [9.17, 15) is 14.4 Å². The van der Waals surface area contributed by atoms with E-state index in [0.717, 1.165) is 5.56 Å². The van der Waals surface area contributed by atoms with Crippen molar-refractivity contribution in [3.63, 3.8) is 0 Å². The van der Waals surface area contributed by atoms with Crippen molar-refractivity contribution in [2.75, 3.05) is 5.32 Å². The van der Waals surface area contributed by atoms with Gasteiger partial charge in [0.2, 0.25) is 0 Å². The Bertz CT molecular complexity index is 525. The Morgan fingerprint density at radius 3 is 2.79 bits per heavy atom. The number of benzene rings is 1. The number of Topliss-reactive ketones (excluding diaryl/α,β-unsaturated/α-hetero) is 2. The second-order valence-electron chi connectivity index (χ2n) is 4.74. The van der Waals surface area contributed by atoms with Gasteiger partial charge in [-0.15, -0.1) is 0 Å². The highest BCUT2D eigenvalue weighted by Crippen LogP contribution is 2.13. The van der Waals surface area contributed by atoms with Gasteiger partial charge in [-0.05, 0) is 31.0 Å². The number of ketones is 2. The van der Waals surface area contributed by atoms with Crippen LogP contribution < -0.4 is 10.6 Å². The molecule has 5 heteroatoms. The maximum Gasteiger partial charge on any atom is 0.319 e. The van der Waals surface area contributed by atoms with Crippen molar-refractivity contribution < 1.29 is 14.4 Å². The van der Waals surface area contributed by atoms with Crippen LogP contribution in [0, 0.1) is 6.92 Å². The van der Waals surface area contributed by atoms with Gasteiger partial charge >= 0.3 is 6.03 Å². The molecule has 5 nitrogen and oxygen atoms in total. The lowest BCUT2D eigenvalue weighted by molar-refractivity contribution is -0.130. The van der Waals surface area contributed by atoms with Gasteiger partial charge in [0.15, 0.2) is 5.78 Å². The smallest absolute Gasteiger partial charge is 0.319 e. The topological polar surface area (TPSA) is 75.3 Å². The van der Waals surface area contributed by atoms with Gasteiger partial charge in [-0.25, -0.2) is 4.79 Å². The van der Waals surface area contributed by atoms with Gasteiger partial charge in [0.25, 0.3) is 0 Å². The minimum Gasteiger partial charge on any atom is -0.328 e. The molecule has 1 atom stereocenters. The minimum atomic E-state index is -0.553. The molecule has 2 amide bonds. The summed E-state index contributed by atoms with van der Waals surface area (Å²) in [6, 6.07) is 6.42. The number of nitrogens with one attached hydrogen (secondary N) is 2. The van der Waals surface area contributed by atoms with Crippen LogP contribution in [0.2, 0.25) is 0 Å². The molecule has 0 radical (unpaired) electrons. The van der Waals surface area contributed by atoms with Crippen molar-refractivity contribution in [1.29, 1.82) is 0 Å². The van der Waals surface area contributed by atoms with E-state index < -0.39 is 12.1 Å². The molecule has 0 aromatic heterocycles. The Kier molecular flexibility index (Phi) is 3.94. The number of amides is 2. The number of carbonyl (C=O) groups excluding carboxylic acids is 3. The van der Waals surface area contributed by atoms with Crippen molar-refractivity contribution in [3.05, 3.63) is 29.8 Å². The first-order valence-corrected chi connectivity index (χ1v) is 6.23. The average Bonchev–Trinajstić information content (AvgIpc) is 2.33. The van der Waals surface area contributed by atoms with Gasteiger partial charge in [0.05, 0.1) is 12.5 Å². The van der Waals surface area contributed by atoms with E-state index in [2.05, 4.69) is 10.6 Å². The molecule has 0 heterocycles. The summed E-state index contributed by atoms with van der Waals surface area (Å²) >= 11 is 0. The lowest BCUT2D eigenvalue weighted by Gasteiger charge is -2.21. The second kappa shape index (κ2) is 5.65. The maximum absolute atomic E-state index is 11.8. The number of carbonyl (C=O) groups is 3. The number of hydrogen-bond donors (Lipinski definition) is 2. The molecular formula is C14H16N2O3. The van der Waals surface area contributed by atoms with Crippen LogP contribution in [0.5, 0.6) is 0 Å². The summed E-state index contributed by atoms with van der Waals surface area (Å²) in [5.41, 5.74) is 1.72. The van der Waals surface area contributed by atoms with Crippen LogP contribution in [-0.2, 0) is 9.59 Å². The van der Waals surface area contributed by atoms with E-state index in [0.29, 0.717) is 18.5 Å². The quantitative estimate of drug-likeness (QED) is 0.796. The van der Waals surface area contributed by atoms with Crippen LogP contribution in [0.15, 0.2) is 24.3 Å². The van der Waals surface area contributed by atoms with Crippen LogP contribution in [0.1, 0.15) is 24.8 Å². The summed E-state index contributed by atoms with van der Waals surface area (Å²) in [5.74, 6) is -0.266. The molecule has 1 unspecified atom stereocenters. The zero-order valence-electron chi connectivity index (χ0n) is 10.7. The molecule has 1 saturated carbocycles. The maximum atomic E-state index is 11.8. The zero-order chi connectivity index (χ0) is 13.8. The van der Waals surface area contributed by atoms with Crippen molar-refractivity contribution in [2.24, 2.45) is 0 Å². The lowest BCUT2D eigenvalue weighted by atomic mass is 9.93. The summed E-state index contributed by atoms with van der Waals surface area (Å²) in [6.45, 7) is 1.93. The van der Waals surface area contributed by atoms with Crippen LogP contribution in [-0.4, -0.2) is 23.6 Å². The van der Waals surface area contributed by atoms with E-state index in [4.69, 9.17) is 0 Å². The first-order chi connectivity index (χ1) is 9.04. The Labute approximate surface area is 111 Å².